The lowest BCUT2D eigenvalue weighted by Gasteiger charge is -2.27. The Hall–Kier alpha value is -9.58. The van der Waals surface area contributed by atoms with Gasteiger partial charge in [0.1, 0.15) is 0 Å². The molecule has 0 atom stereocenters. The molecular formula is C66H39N5. The molecule has 6 aromatic heterocycles. The van der Waals surface area contributed by atoms with Gasteiger partial charge in [0.15, 0.2) is 0 Å². The number of aromatic nitrogens is 3. The molecule has 0 N–H and O–H groups in total. The van der Waals surface area contributed by atoms with Gasteiger partial charge in [-0.05, 0) is 97.1 Å². The zero-order valence-corrected chi connectivity index (χ0v) is 38.3. The van der Waals surface area contributed by atoms with E-state index in [1.54, 1.807) is 0 Å². The molecule has 17 aromatic rings. The summed E-state index contributed by atoms with van der Waals surface area (Å²) in [6, 6.07) is 87.7. The quantitative estimate of drug-likeness (QED) is 0.166. The van der Waals surface area contributed by atoms with Gasteiger partial charge in [-0.25, -0.2) is 0 Å². The van der Waals surface area contributed by atoms with E-state index in [-0.39, 0.29) is 0 Å². The molecule has 0 aliphatic heterocycles. The molecule has 0 aliphatic rings. The Balaban J connectivity index is 0.939. The Kier molecular flexibility index (Phi) is 7.15. The molecule has 5 heteroatoms. The topological polar surface area (TPSA) is 19.7 Å². The first-order valence-electron chi connectivity index (χ1n) is 24.5. The van der Waals surface area contributed by atoms with Crippen LogP contribution < -0.4 is 9.80 Å². The number of benzene rings is 11. The van der Waals surface area contributed by atoms with E-state index in [4.69, 9.17) is 0 Å². The molecule has 0 aliphatic carbocycles. The zero-order valence-electron chi connectivity index (χ0n) is 38.3. The third-order valence-electron chi connectivity index (χ3n) is 15.7. The number of fused-ring (bicyclic) bond motifs is 18. The highest BCUT2D eigenvalue weighted by Gasteiger charge is 2.28. The molecule has 17 rings (SSSR count). The first-order chi connectivity index (χ1) is 35.3. The Morgan fingerprint density at radius 3 is 0.873 bits per heavy atom. The number of anilines is 6. The molecule has 0 unspecified atom stereocenters. The van der Waals surface area contributed by atoms with Crippen molar-refractivity contribution < 1.29 is 0 Å². The summed E-state index contributed by atoms with van der Waals surface area (Å²) in [5, 5.41) is 15.0. The molecule has 0 spiro atoms. The first-order valence-corrected chi connectivity index (χ1v) is 24.5. The van der Waals surface area contributed by atoms with E-state index >= 15 is 0 Å². The van der Waals surface area contributed by atoms with E-state index in [1.807, 2.05) is 0 Å². The highest BCUT2D eigenvalue weighted by atomic mass is 15.2. The van der Waals surface area contributed by atoms with E-state index in [0.717, 1.165) is 34.1 Å². The summed E-state index contributed by atoms with van der Waals surface area (Å²) in [6.45, 7) is 0. The lowest BCUT2D eigenvalue weighted by atomic mass is 10.0. The van der Waals surface area contributed by atoms with Crippen molar-refractivity contribution >= 4 is 148 Å². The summed E-state index contributed by atoms with van der Waals surface area (Å²) in [6.07, 6.45) is 0. The molecule has 6 heterocycles. The number of para-hydroxylation sites is 7. The van der Waals surface area contributed by atoms with Crippen LogP contribution in [0.3, 0.4) is 0 Å². The Labute approximate surface area is 406 Å². The Bertz CT molecular complexity index is 4520. The minimum Gasteiger partial charge on any atom is -0.310 e. The van der Waals surface area contributed by atoms with Crippen LogP contribution in [0.2, 0.25) is 0 Å². The van der Waals surface area contributed by atoms with Crippen LogP contribution in [-0.4, -0.2) is 13.2 Å². The van der Waals surface area contributed by atoms with Gasteiger partial charge in [-0.2, -0.15) is 0 Å². The van der Waals surface area contributed by atoms with Gasteiger partial charge in [-0.15, -0.1) is 0 Å². The number of hydrogen-bond donors (Lipinski definition) is 0. The average molecular weight is 902 g/mol. The number of rotatable bonds is 6. The summed E-state index contributed by atoms with van der Waals surface area (Å²) >= 11 is 0. The van der Waals surface area contributed by atoms with Gasteiger partial charge in [0, 0.05) is 87.4 Å². The standard InChI is InChI=1S/C66H39N5/c1-3-18-40(19-4-1)67(42-36-50-44-22-7-11-28-54(44)69-55-29-12-8-23-45(55)51(37-42)65(50)69)58-32-16-34-60-62(58)48-26-15-27-49-63-59(33-17-35-61(63)71(60)64(48)49)68(41-20-5-2-6-21-41)43-38-52-46-24-9-13-30-56(46)70-57-31-14-10-25-47(57)53(39-43)66(52)70/h1-39H. The lowest BCUT2D eigenvalue weighted by molar-refractivity contribution is 1.30. The van der Waals surface area contributed by atoms with Gasteiger partial charge in [0.05, 0.1) is 61.0 Å². The zero-order chi connectivity index (χ0) is 46.1. The lowest BCUT2D eigenvalue weighted by Crippen LogP contribution is -2.10. The van der Waals surface area contributed by atoms with Crippen molar-refractivity contribution in [2.75, 3.05) is 9.80 Å². The van der Waals surface area contributed by atoms with Crippen LogP contribution in [0.5, 0.6) is 0 Å². The molecule has 0 bridgehead atoms. The van der Waals surface area contributed by atoms with Gasteiger partial charge in [-0.3, -0.25) is 0 Å². The second-order valence-corrected chi connectivity index (χ2v) is 19.2. The van der Waals surface area contributed by atoms with Crippen LogP contribution in [0.25, 0.3) is 114 Å². The maximum Gasteiger partial charge on any atom is 0.0622 e. The minimum absolute atomic E-state index is 1.11. The van der Waals surface area contributed by atoms with Gasteiger partial charge in [0.2, 0.25) is 0 Å². The fourth-order valence-electron chi connectivity index (χ4n) is 13.0. The maximum atomic E-state index is 2.54. The Morgan fingerprint density at radius 1 is 0.211 bits per heavy atom. The summed E-state index contributed by atoms with van der Waals surface area (Å²) in [4.78, 5) is 4.99. The monoisotopic (exact) mass is 901 g/mol. The SMILES string of the molecule is c1ccc(N(c2cc3c4ccccc4n4c5ccccc5c(c2)c34)c2cccc3c2c2cccc4c5c(N(c6ccccc6)c6cc7c8ccccc8n8c9ccccc9c(c6)c78)cccc5n3c24)cc1. The number of hydrogen-bond acceptors (Lipinski definition) is 2. The largest absolute Gasteiger partial charge is 0.310 e. The third kappa shape index (κ3) is 4.75. The van der Waals surface area contributed by atoms with Gasteiger partial charge >= 0.3 is 0 Å². The molecule has 0 fully saturated rings. The second kappa shape index (κ2) is 13.6. The second-order valence-electron chi connectivity index (χ2n) is 19.2. The van der Waals surface area contributed by atoms with Gasteiger partial charge < -0.3 is 23.0 Å². The van der Waals surface area contributed by atoms with Crippen molar-refractivity contribution in [3.8, 4) is 0 Å². The molecule has 0 saturated carbocycles. The fraction of sp³-hybridized carbons (Fsp3) is 0. The molecule has 0 amide bonds. The van der Waals surface area contributed by atoms with Crippen LogP contribution in [0, 0.1) is 0 Å². The van der Waals surface area contributed by atoms with Crippen LogP contribution >= 0.6 is 0 Å². The van der Waals surface area contributed by atoms with Crippen LogP contribution in [0.15, 0.2) is 237 Å². The summed E-state index contributed by atoms with van der Waals surface area (Å²) in [7, 11) is 0. The Morgan fingerprint density at radius 2 is 0.493 bits per heavy atom. The molecule has 328 valence electrons. The van der Waals surface area contributed by atoms with Gasteiger partial charge in [-0.1, -0.05) is 140 Å². The molecule has 5 nitrogen and oxygen atoms in total. The first kappa shape index (κ1) is 37.4. The van der Waals surface area contributed by atoms with Crippen molar-refractivity contribution in [2.45, 2.75) is 0 Å². The molecule has 0 saturated heterocycles. The van der Waals surface area contributed by atoms with E-state index in [9.17, 15) is 0 Å². The van der Waals surface area contributed by atoms with Crippen LogP contribution in [-0.2, 0) is 0 Å². The summed E-state index contributed by atoms with van der Waals surface area (Å²) in [5.74, 6) is 0. The average Bonchev–Trinajstić information content (AvgIpc) is 4.27. The number of nitrogens with zero attached hydrogens (tertiary/aromatic N) is 5. The van der Waals surface area contributed by atoms with Crippen molar-refractivity contribution in [2.24, 2.45) is 0 Å². The predicted molar refractivity (Wildman–Crippen MR) is 300 cm³/mol. The van der Waals surface area contributed by atoms with Crippen molar-refractivity contribution in [3.05, 3.63) is 237 Å². The normalized spacial score (nSPS) is 12.5. The third-order valence-corrected chi connectivity index (χ3v) is 15.7. The van der Waals surface area contributed by atoms with E-state index in [1.165, 1.54) is 114 Å². The highest BCUT2D eigenvalue weighted by molar-refractivity contribution is 6.30. The predicted octanol–water partition coefficient (Wildman–Crippen LogP) is 18.1. The fourth-order valence-corrected chi connectivity index (χ4v) is 13.0. The molecule has 11 aromatic carbocycles. The van der Waals surface area contributed by atoms with Crippen LogP contribution in [0.1, 0.15) is 0 Å². The minimum atomic E-state index is 1.11. The van der Waals surface area contributed by atoms with Crippen molar-refractivity contribution in [3.63, 3.8) is 0 Å². The maximum absolute atomic E-state index is 2.54. The highest BCUT2D eigenvalue weighted by Crippen LogP contribution is 2.52. The summed E-state index contributed by atoms with van der Waals surface area (Å²) < 4.78 is 7.46. The summed E-state index contributed by atoms with van der Waals surface area (Å²) in [5.41, 5.74) is 17.9. The molecule has 71 heavy (non-hydrogen) atoms. The molecule has 0 radical (unpaired) electrons. The van der Waals surface area contributed by atoms with Crippen molar-refractivity contribution in [1.82, 2.24) is 13.2 Å². The smallest absolute Gasteiger partial charge is 0.0622 e. The van der Waals surface area contributed by atoms with E-state index in [0.29, 0.717) is 0 Å². The van der Waals surface area contributed by atoms with Crippen molar-refractivity contribution in [1.29, 1.82) is 0 Å². The van der Waals surface area contributed by atoms with E-state index in [2.05, 4.69) is 260 Å². The molecular weight excluding hydrogens is 863 g/mol. The van der Waals surface area contributed by atoms with Crippen LogP contribution in [0.4, 0.5) is 34.1 Å². The van der Waals surface area contributed by atoms with E-state index < -0.39 is 0 Å². The van der Waals surface area contributed by atoms with Gasteiger partial charge in [0.25, 0.3) is 0 Å².